The van der Waals surface area contributed by atoms with Gasteiger partial charge in [-0.2, -0.15) is 0 Å². The first-order chi connectivity index (χ1) is 8.39. The minimum atomic E-state index is -3.40. The molecular formula is C12H13N3O2S. The molecule has 1 aromatic carbocycles. The zero-order valence-electron chi connectivity index (χ0n) is 10.1. The molecule has 0 radical (unpaired) electrons. The molecular weight excluding hydrogens is 250 g/mol. The molecule has 2 N–H and O–H groups in total. The predicted molar refractivity (Wildman–Crippen MR) is 69.7 cm³/mol. The zero-order valence-corrected chi connectivity index (χ0v) is 10.9. The summed E-state index contributed by atoms with van der Waals surface area (Å²) < 4.78 is 23.5. The van der Waals surface area contributed by atoms with Crippen molar-refractivity contribution in [3.63, 3.8) is 0 Å². The number of benzene rings is 1. The van der Waals surface area contributed by atoms with Gasteiger partial charge in [-0.15, -0.1) is 0 Å². The van der Waals surface area contributed by atoms with E-state index in [1.807, 2.05) is 31.2 Å². The van der Waals surface area contributed by atoms with Crippen LogP contribution < -0.4 is 5.73 Å². The number of nitrogen functional groups attached to an aromatic ring is 1. The van der Waals surface area contributed by atoms with Crippen LogP contribution in [-0.4, -0.2) is 24.6 Å². The number of nitrogens with zero attached hydrogens (tertiary/aromatic N) is 2. The van der Waals surface area contributed by atoms with Crippen LogP contribution in [0.2, 0.25) is 0 Å². The fourth-order valence-electron chi connectivity index (χ4n) is 1.69. The van der Waals surface area contributed by atoms with E-state index in [1.54, 1.807) is 0 Å². The number of nitrogens with two attached hydrogens (primary N) is 1. The van der Waals surface area contributed by atoms with Crippen molar-refractivity contribution in [3.8, 4) is 11.3 Å². The first kappa shape index (κ1) is 12.5. The first-order valence-electron chi connectivity index (χ1n) is 5.28. The summed E-state index contributed by atoms with van der Waals surface area (Å²) in [5.74, 6) is 0.0562. The van der Waals surface area contributed by atoms with Gasteiger partial charge in [-0.25, -0.2) is 18.4 Å². The van der Waals surface area contributed by atoms with Crippen molar-refractivity contribution in [1.29, 1.82) is 0 Å². The maximum Gasteiger partial charge on any atom is 0.220 e. The van der Waals surface area contributed by atoms with Crippen LogP contribution in [0.4, 0.5) is 5.95 Å². The molecule has 0 aliphatic rings. The lowest BCUT2D eigenvalue weighted by atomic mass is 10.1. The number of aryl methyl sites for hydroxylation is 1. The van der Waals surface area contributed by atoms with Gasteiger partial charge in [0.05, 0.1) is 11.9 Å². The minimum Gasteiger partial charge on any atom is -0.368 e. The van der Waals surface area contributed by atoms with Crippen molar-refractivity contribution < 1.29 is 8.42 Å². The number of rotatable bonds is 2. The van der Waals surface area contributed by atoms with Crippen molar-refractivity contribution in [1.82, 2.24) is 9.97 Å². The quantitative estimate of drug-likeness (QED) is 0.886. The normalized spacial score (nSPS) is 11.4. The molecule has 94 valence electrons. The van der Waals surface area contributed by atoms with E-state index in [2.05, 4.69) is 9.97 Å². The van der Waals surface area contributed by atoms with Gasteiger partial charge in [0.2, 0.25) is 5.95 Å². The molecule has 0 saturated carbocycles. The Morgan fingerprint density at radius 1 is 1.22 bits per heavy atom. The molecule has 18 heavy (non-hydrogen) atoms. The lowest BCUT2D eigenvalue weighted by Crippen LogP contribution is -2.06. The number of hydrogen-bond donors (Lipinski definition) is 1. The monoisotopic (exact) mass is 263 g/mol. The third-order valence-electron chi connectivity index (χ3n) is 2.57. The van der Waals surface area contributed by atoms with Crippen LogP contribution in [0, 0.1) is 6.92 Å². The molecule has 0 aliphatic carbocycles. The Bertz CT molecular complexity index is 696. The summed E-state index contributed by atoms with van der Waals surface area (Å²) in [5.41, 5.74) is 7.56. The van der Waals surface area contributed by atoms with E-state index in [9.17, 15) is 8.42 Å². The largest absolute Gasteiger partial charge is 0.368 e. The molecule has 2 aromatic rings. The van der Waals surface area contributed by atoms with Crippen molar-refractivity contribution in [3.05, 3.63) is 36.0 Å². The Labute approximate surface area is 106 Å². The van der Waals surface area contributed by atoms with Crippen LogP contribution in [0.25, 0.3) is 11.3 Å². The lowest BCUT2D eigenvalue weighted by Gasteiger charge is -2.09. The number of hydrogen-bond acceptors (Lipinski definition) is 5. The van der Waals surface area contributed by atoms with Crippen LogP contribution in [0.3, 0.4) is 0 Å². The molecule has 0 fully saturated rings. The highest BCUT2D eigenvalue weighted by Crippen LogP contribution is 2.27. The molecule has 6 heteroatoms. The third-order valence-corrected chi connectivity index (χ3v) is 3.67. The average molecular weight is 263 g/mol. The van der Waals surface area contributed by atoms with Gasteiger partial charge in [0.1, 0.15) is 4.90 Å². The van der Waals surface area contributed by atoms with E-state index < -0.39 is 9.84 Å². The lowest BCUT2D eigenvalue weighted by molar-refractivity contribution is 0.601. The Balaban J connectivity index is 2.79. The van der Waals surface area contributed by atoms with Gasteiger partial charge in [0.15, 0.2) is 9.84 Å². The van der Waals surface area contributed by atoms with E-state index in [1.165, 1.54) is 6.20 Å². The fourth-order valence-corrected chi connectivity index (χ4v) is 2.44. The maximum absolute atomic E-state index is 11.7. The molecule has 0 amide bonds. The molecule has 0 bridgehead atoms. The summed E-state index contributed by atoms with van der Waals surface area (Å²) in [6.45, 7) is 1.89. The summed E-state index contributed by atoms with van der Waals surface area (Å²) >= 11 is 0. The summed E-state index contributed by atoms with van der Waals surface area (Å²) in [4.78, 5) is 7.90. The van der Waals surface area contributed by atoms with Crippen molar-refractivity contribution in [2.75, 3.05) is 12.0 Å². The second-order valence-corrected chi connectivity index (χ2v) is 6.01. The predicted octanol–water partition coefficient (Wildman–Crippen LogP) is 1.44. The Kier molecular flexibility index (Phi) is 3.04. The molecule has 0 spiro atoms. The molecule has 0 atom stereocenters. The minimum absolute atomic E-state index is 0.0562. The highest BCUT2D eigenvalue weighted by Gasteiger charge is 2.18. The Hall–Kier alpha value is -1.95. The van der Waals surface area contributed by atoms with Crippen molar-refractivity contribution in [2.45, 2.75) is 11.8 Å². The van der Waals surface area contributed by atoms with Crippen molar-refractivity contribution in [2.24, 2.45) is 0 Å². The summed E-state index contributed by atoms with van der Waals surface area (Å²) in [6, 6.07) is 7.40. The SMILES string of the molecule is Cc1ccccc1-c1nc(N)ncc1S(C)(=O)=O. The molecule has 0 aliphatic heterocycles. The number of aromatic nitrogens is 2. The Morgan fingerprint density at radius 3 is 2.50 bits per heavy atom. The van der Waals surface area contributed by atoms with Gasteiger partial charge in [0.25, 0.3) is 0 Å². The number of anilines is 1. The van der Waals surface area contributed by atoms with E-state index in [-0.39, 0.29) is 10.8 Å². The van der Waals surface area contributed by atoms with Crippen molar-refractivity contribution >= 4 is 15.8 Å². The van der Waals surface area contributed by atoms with E-state index >= 15 is 0 Å². The smallest absolute Gasteiger partial charge is 0.220 e. The first-order valence-corrected chi connectivity index (χ1v) is 7.17. The second-order valence-electron chi connectivity index (χ2n) is 4.03. The fraction of sp³-hybridized carbons (Fsp3) is 0.167. The molecule has 1 aromatic heterocycles. The number of sulfone groups is 1. The summed E-state index contributed by atoms with van der Waals surface area (Å²) in [7, 11) is -3.40. The van der Waals surface area contributed by atoms with Gasteiger partial charge in [-0.05, 0) is 12.5 Å². The molecule has 0 saturated heterocycles. The average Bonchev–Trinajstić information content (AvgIpc) is 2.27. The van der Waals surface area contributed by atoms with E-state index in [0.29, 0.717) is 5.69 Å². The van der Waals surface area contributed by atoms with Crippen LogP contribution in [0.15, 0.2) is 35.4 Å². The topological polar surface area (TPSA) is 85.9 Å². The van der Waals surface area contributed by atoms with Crippen LogP contribution in [0.5, 0.6) is 0 Å². The van der Waals surface area contributed by atoms with Crippen LogP contribution >= 0.6 is 0 Å². The van der Waals surface area contributed by atoms with E-state index in [0.717, 1.165) is 17.4 Å². The zero-order chi connectivity index (χ0) is 13.3. The van der Waals surface area contributed by atoms with Gasteiger partial charge in [0, 0.05) is 11.8 Å². The highest BCUT2D eigenvalue weighted by atomic mass is 32.2. The van der Waals surface area contributed by atoms with Gasteiger partial charge < -0.3 is 5.73 Å². The molecule has 0 unspecified atom stereocenters. The summed E-state index contributed by atoms with van der Waals surface area (Å²) in [5, 5.41) is 0. The maximum atomic E-state index is 11.7. The van der Waals surface area contributed by atoms with Crippen LogP contribution in [0.1, 0.15) is 5.56 Å². The second kappa shape index (κ2) is 4.38. The molecule has 5 nitrogen and oxygen atoms in total. The highest BCUT2D eigenvalue weighted by molar-refractivity contribution is 7.90. The van der Waals surface area contributed by atoms with E-state index in [4.69, 9.17) is 5.73 Å². The van der Waals surface area contributed by atoms with Gasteiger partial charge >= 0.3 is 0 Å². The standard InChI is InChI=1S/C12H13N3O2S/c1-8-5-3-4-6-9(8)11-10(18(2,16)17)7-14-12(13)15-11/h3-7H,1-2H3,(H2,13,14,15). The summed E-state index contributed by atoms with van der Waals surface area (Å²) in [6.07, 6.45) is 2.38. The Morgan fingerprint density at radius 2 is 1.89 bits per heavy atom. The molecule has 1 heterocycles. The molecule has 2 rings (SSSR count). The van der Waals surface area contributed by atoms with Gasteiger partial charge in [-0.3, -0.25) is 0 Å². The third kappa shape index (κ3) is 2.33. The van der Waals surface area contributed by atoms with Gasteiger partial charge in [-0.1, -0.05) is 24.3 Å². The van der Waals surface area contributed by atoms with Crippen LogP contribution in [-0.2, 0) is 9.84 Å².